The molecule has 1 N–H and O–H groups in total. The highest BCUT2D eigenvalue weighted by molar-refractivity contribution is 5.85. The molecule has 8 nitrogen and oxygen atoms in total. The maximum Gasteiger partial charge on any atom is 0.273 e. The highest BCUT2D eigenvalue weighted by Crippen LogP contribution is 2.22. The Hall–Kier alpha value is -3.94. The number of benzene rings is 2. The van der Waals surface area contributed by atoms with Gasteiger partial charge in [0.1, 0.15) is 5.75 Å². The first-order valence-electron chi connectivity index (χ1n) is 9.87. The summed E-state index contributed by atoms with van der Waals surface area (Å²) < 4.78 is 7.58. The number of amides is 1. The van der Waals surface area contributed by atoms with E-state index in [2.05, 4.69) is 15.1 Å². The van der Waals surface area contributed by atoms with Crippen LogP contribution < -0.4 is 10.2 Å². The zero-order valence-corrected chi connectivity index (χ0v) is 17.7. The molecule has 2 aromatic carbocycles. The van der Waals surface area contributed by atoms with Gasteiger partial charge in [0, 0.05) is 34.3 Å². The summed E-state index contributed by atoms with van der Waals surface area (Å²) in [5, 5.41) is 15.1. The van der Waals surface area contributed by atoms with E-state index in [1.165, 1.54) is 6.07 Å². The summed E-state index contributed by atoms with van der Waals surface area (Å²) in [6.07, 6.45) is 1.45. The first-order valence-corrected chi connectivity index (χ1v) is 9.87. The quantitative estimate of drug-likeness (QED) is 0.337. The lowest BCUT2D eigenvalue weighted by Gasteiger charge is -2.10. The van der Waals surface area contributed by atoms with Gasteiger partial charge in [-0.15, -0.1) is 0 Å². The molecule has 0 aliphatic heterocycles. The molecule has 0 fully saturated rings. The van der Waals surface area contributed by atoms with E-state index in [1.54, 1.807) is 24.4 Å². The van der Waals surface area contributed by atoms with Gasteiger partial charge < -0.3 is 9.30 Å². The van der Waals surface area contributed by atoms with E-state index in [0.29, 0.717) is 12.2 Å². The molecule has 3 aromatic rings. The average Bonchev–Trinajstić information content (AvgIpc) is 3.02. The van der Waals surface area contributed by atoms with Crippen molar-refractivity contribution >= 4 is 17.8 Å². The van der Waals surface area contributed by atoms with Crippen LogP contribution in [0.15, 0.2) is 59.7 Å². The summed E-state index contributed by atoms with van der Waals surface area (Å²) in [4.78, 5) is 22.8. The van der Waals surface area contributed by atoms with Crippen LogP contribution in [0.2, 0.25) is 0 Å². The summed E-state index contributed by atoms with van der Waals surface area (Å²) in [5.41, 5.74) is 6.55. The van der Waals surface area contributed by atoms with Crippen LogP contribution >= 0.6 is 0 Å². The van der Waals surface area contributed by atoms with Crippen LogP contribution in [0, 0.1) is 24.0 Å². The Bertz CT molecular complexity index is 1120. The van der Waals surface area contributed by atoms with E-state index in [4.69, 9.17) is 4.74 Å². The van der Waals surface area contributed by atoms with Gasteiger partial charge in [0.25, 0.3) is 5.69 Å². The number of rotatable bonds is 8. The standard InChI is InChI=1S/C23H24N4O4/c1-4-31-21-11-9-20(10-12-21)26-16(2)13-19(17(26)3)15-24-25-23(28)14-18-7-5-6-8-22(18)27(29)30/h5-13,15H,4,14H2,1-3H3,(H,25,28)/b24-15+. The lowest BCUT2D eigenvalue weighted by molar-refractivity contribution is -0.385. The summed E-state index contributed by atoms with van der Waals surface area (Å²) in [6, 6.07) is 16.0. The van der Waals surface area contributed by atoms with Crippen LogP contribution in [0.4, 0.5) is 5.69 Å². The van der Waals surface area contributed by atoms with Crippen LogP contribution in [0.5, 0.6) is 5.75 Å². The number of nitrogens with one attached hydrogen (secondary N) is 1. The van der Waals surface area contributed by atoms with Crippen molar-refractivity contribution in [3.63, 3.8) is 0 Å². The molecule has 31 heavy (non-hydrogen) atoms. The Balaban J connectivity index is 1.70. The van der Waals surface area contributed by atoms with Crippen LogP contribution in [0.1, 0.15) is 29.4 Å². The number of nitro benzene ring substituents is 1. The predicted molar refractivity (Wildman–Crippen MR) is 119 cm³/mol. The molecule has 0 saturated heterocycles. The minimum atomic E-state index is -0.498. The first kappa shape index (κ1) is 21.8. The number of carbonyl (C=O) groups is 1. The number of aryl methyl sites for hydroxylation is 1. The van der Waals surface area contributed by atoms with Gasteiger partial charge in [0.2, 0.25) is 5.91 Å². The summed E-state index contributed by atoms with van der Waals surface area (Å²) >= 11 is 0. The lowest BCUT2D eigenvalue weighted by Crippen LogP contribution is -2.20. The van der Waals surface area contributed by atoms with E-state index < -0.39 is 10.8 Å². The number of ether oxygens (including phenoxy) is 1. The number of hydrazone groups is 1. The molecule has 0 bridgehead atoms. The topological polar surface area (TPSA) is 98.8 Å². The van der Waals surface area contributed by atoms with Gasteiger partial charge in [0.15, 0.2) is 0 Å². The summed E-state index contributed by atoms with van der Waals surface area (Å²) in [6.45, 7) is 6.53. The Morgan fingerprint density at radius 1 is 1.19 bits per heavy atom. The molecule has 1 amide bonds. The second-order valence-electron chi connectivity index (χ2n) is 6.94. The van der Waals surface area contributed by atoms with Crippen molar-refractivity contribution in [3.8, 4) is 11.4 Å². The largest absolute Gasteiger partial charge is 0.494 e. The fraction of sp³-hybridized carbons (Fsp3) is 0.217. The highest BCUT2D eigenvalue weighted by Gasteiger charge is 2.15. The Labute approximate surface area is 180 Å². The van der Waals surface area contributed by atoms with E-state index in [0.717, 1.165) is 28.4 Å². The van der Waals surface area contributed by atoms with Crippen molar-refractivity contribution in [2.75, 3.05) is 6.61 Å². The third kappa shape index (κ3) is 5.16. The van der Waals surface area contributed by atoms with E-state index in [1.807, 2.05) is 51.1 Å². The summed E-state index contributed by atoms with van der Waals surface area (Å²) in [7, 11) is 0. The van der Waals surface area contributed by atoms with E-state index in [-0.39, 0.29) is 12.1 Å². The smallest absolute Gasteiger partial charge is 0.273 e. The minimum Gasteiger partial charge on any atom is -0.494 e. The Morgan fingerprint density at radius 2 is 1.90 bits per heavy atom. The number of nitro groups is 1. The number of aromatic nitrogens is 1. The van der Waals surface area contributed by atoms with Crippen molar-refractivity contribution in [2.24, 2.45) is 5.10 Å². The van der Waals surface area contributed by atoms with Gasteiger partial charge in [-0.25, -0.2) is 5.43 Å². The molecule has 1 heterocycles. The predicted octanol–water partition coefficient (Wildman–Crippen LogP) is 4.09. The molecular weight excluding hydrogens is 396 g/mol. The second kappa shape index (κ2) is 9.71. The van der Waals surface area contributed by atoms with Crippen LogP contribution in [0.3, 0.4) is 0 Å². The molecule has 1 aromatic heterocycles. The van der Waals surface area contributed by atoms with Crippen LogP contribution in [-0.2, 0) is 11.2 Å². The third-order valence-electron chi connectivity index (χ3n) is 4.81. The van der Waals surface area contributed by atoms with Gasteiger partial charge in [0.05, 0.1) is 24.2 Å². The van der Waals surface area contributed by atoms with Crippen molar-refractivity contribution in [3.05, 3.63) is 87.2 Å². The normalized spacial score (nSPS) is 10.9. The highest BCUT2D eigenvalue weighted by atomic mass is 16.6. The minimum absolute atomic E-state index is 0.0828. The molecular formula is C23H24N4O4. The SMILES string of the molecule is CCOc1ccc(-n2c(C)cc(/C=N/NC(=O)Cc3ccccc3[N+](=O)[O-])c2C)cc1. The van der Waals surface area contributed by atoms with Crippen molar-refractivity contribution < 1.29 is 14.5 Å². The molecule has 0 aliphatic carbocycles. The zero-order valence-electron chi connectivity index (χ0n) is 17.7. The van der Waals surface area contributed by atoms with Crippen LogP contribution in [-0.4, -0.2) is 28.2 Å². The zero-order chi connectivity index (χ0) is 22.4. The fourth-order valence-electron chi connectivity index (χ4n) is 3.40. The molecule has 0 saturated carbocycles. The maximum absolute atomic E-state index is 12.2. The van der Waals surface area contributed by atoms with Gasteiger partial charge in [-0.2, -0.15) is 5.10 Å². The lowest BCUT2D eigenvalue weighted by atomic mass is 10.1. The molecule has 8 heteroatoms. The molecule has 160 valence electrons. The maximum atomic E-state index is 12.2. The van der Waals surface area contributed by atoms with Crippen LogP contribution in [0.25, 0.3) is 5.69 Å². The number of hydrogen-bond donors (Lipinski definition) is 1. The van der Waals surface area contributed by atoms with Crippen molar-refractivity contribution in [2.45, 2.75) is 27.2 Å². The van der Waals surface area contributed by atoms with E-state index in [9.17, 15) is 14.9 Å². The molecule has 0 unspecified atom stereocenters. The van der Waals surface area contributed by atoms with Gasteiger partial charge in [-0.1, -0.05) is 18.2 Å². The van der Waals surface area contributed by atoms with Gasteiger partial charge >= 0.3 is 0 Å². The molecule has 0 atom stereocenters. The number of para-hydroxylation sites is 1. The second-order valence-corrected chi connectivity index (χ2v) is 6.94. The Morgan fingerprint density at radius 3 is 2.58 bits per heavy atom. The third-order valence-corrected chi connectivity index (χ3v) is 4.81. The summed E-state index contributed by atoms with van der Waals surface area (Å²) in [5.74, 6) is 0.391. The molecule has 0 spiro atoms. The van der Waals surface area contributed by atoms with Crippen molar-refractivity contribution in [1.82, 2.24) is 9.99 Å². The number of nitrogens with zero attached hydrogens (tertiary/aromatic N) is 3. The van der Waals surface area contributed by atoms with Gasteiger partial charge in [-0.3, -0.25) is 14.9 Å². The fourth-order valence-corrected chi connectivity index (χ4v) is 3.40. The van der Waals surface area contributed by atoms with E-state index >= 15 is 0 Å². The number of hydrogen-bond acceptors (Lipinski definition) is 5. The molecule has 0 radical (unpaired) electrons. The number of carbonyl (C=O) groups excluding carboxylic acids is 1. The monoisotopic (exact) mass is 420 g/mol. The molecule has 0 aliphatic rings. The Kier molecular flexibility index (Phi) is 6.81. The van der Waals surface area contributed by atoms with Crippen molar-refractivity contribution in [1.29, 1.82) is 0 Å². The average molecular weight is 420 g/mol. The molecule has 3 rings (SSSR count). The van der Waals surface area contributed by atoms with Gasteiger partial charge in [-0.05, 0) is 51.1 Å². The first-order chi connectivity index (χ1) is 14.9.